The van der Waals surface area contributed by atoms with Crippen LogP contribution in [-0.2, 0) is 6.42 Å². The third-order valence-corrected chi connectivity index (χ3v) is 1.81. The molecule has 3 N–H and O–H groups in total. The van der Waals surface area contributed by atoms with Crippen LogP contribution in [0.4, 0.5) is 18.0 Å². The Balaban J connectivity index is 2.70. The average Bonchev–Trinajstić information content (AvgIpc) is 2.18. The molecule has 0 atom stereocenters. The molecule has 0 saturated heterocycles. The van der Waals surface area contributed by atoms with Gasteiger partial charge in [0.05, 0.1) is 0 Å². The minimum atomic E-state index is -1.51. The van der Waals surface area contributed by atoms with Crippen LogP contribution in [0, 0.1) is 17.5 Å². The molecule has 6 heteroatoms. The SMILES string of the molecule is NC(=O)NCCc1ccc(F)c(F)c1F. The summed E-state index contributed by atoms with van der Waals surface area (Å²) >= 11 is 0. The number of amides is 2. The third-order valence-electron chi connectivity index (χ3n) is 1.81. The zero-order valence-electron chi connectivity index (χ0n) is 7.69. The summed E-state index contributed by atoms with van der Waals surface area (Å²) in [4.78, 5) is 10.3. The fourth-order valence-electron chi connectivity index (χ4n) is 1.08. The van der Waals surface area contributed by atoms with Gasteiger partial charge >= 0.3 is 6.03 Å². The van der Waals surface area contributed by atoms with Crippen LogP contribution in [0.15, 0.2) is 12.1 Å². The Hall–Kier alpha value is -1.72. The molecule has 1 rings (SSSR count). The molecule has 15 heavy (non-hydrogen) atoms. The number of urea groups is 1. The highest BCUT2D eigenvalue weighted by molar-refractivity contribution is 5.71. The Kier molecular flexibility index (Phi) is 3.54. The summed E-state index contributed by atoms with van der Waals surface area (Å²) in [5.41, 5.74) is 4.76. The monoisotopic (exact) mass is 218 g/mol. The van der Waals surface area contributed by atoms with E-state index in [0.717, 1.165) is 12.1 Å². The quantitative estimate of drug-likeness (QED) is 0.738. The van der Waals surface area contributed by atoms with Crippen molar-refractivity contribution in [2.24, 2.45) is 5.73 Å². The molecular weight excluding hydrogens is 209 g/mol. The van der Waals surface area contributed by atoms with E-state index in [0.29, 0.717) is 0 Å². The average molecular weight is 218 g/mol. The van der Waals surface area contributed by atoms with Crippen LogP contribution in [-0.4, -0.2) is 12.6 Å². The van der Waals surface area contributed by atoms with Gasteiger partial charge in [-0.3, -0.25) is 0 Å². The number of halogens is 3. The number of nitrogens with two attached hydrogens (primary N) is 1. The molecule has 0 aliphatic carbocycles. The number of primary amides is 1. The molecule has 0 aliphatic heterocycles. The highest BCUT2D eigenvalue weighted by Gasteiger charge is 2.12. The molecule has 1 aromatic rings. The van der Waals surface area contributed by atoms with Gasteiger partial charge in [0.1, 0.15) is 0 Å². The molecule has 0 spiro atoms. The minimum Gasteiger partial charge on any atom is -0.352 e. The lowest BCUT2D eigenvalue weighted by Crippen LogP contribution is -2.31. The van der Waals surface area contributed by atoms with Gasteiger partial charge in [-0.2, -0.15) is 0 Å². The van der Waals surface area contributed by atoms with Gasteiger partial charge in [0.15, 0.2) is 17.5 Å². The number of hydrogen-bond acceptors (Lipinski definition) is 1. The summed E-state index contributed by atoms with van der Waals surface area (Å²) in [6, 6.07) is 1.20. The first-order valence-electron chi connectivity index (χ1n) is 4.18. The van der Waals surface area contributed by atoms with Crippen molar-refractivity contribution in [3.8, 4) is 0 Å². The highest BCUT2D eigenvalue weighted by Crippen LogP contribution is 2.15. The van der Waals surface area contributed by atoms with Gasteiger partial charge < -0.3 is 11.1 Å². The van der Waals surface area contributed by atoms with Crippen molar-refractivity contribution < 1.29 is 18.0 Å². The molecule has 0 unspecified atom stereocenters. The Morgan fingerprint density at radius 1 is 1.27 bits per heavy atom. The second kappa shape index (κ2) is 4.68. The molecule has 0 fully saturated rings. The zero-order chi connectivity index (χ0) is 11.4. The number of nitrogens with one attached hydrogen (secondary N) is 1. The molecule has 0 heterocycles. The van der Waals surface area contributed by atoms with E-state index in [-0.39, 0.29) is 18.5 Å². The summed E-state index contributed by atoms with van der Waals surface area (Å²) in [6.45, 7) is 0.0668. The Morgan fingerprint density at radius 3 is 2.53 bits per heavy atom. The predicted octanol–water partition coefficient (Wildman–Crippen LogP) is 1.31. The Morgan fingerprint density at radius 2 is 1.93 bits per heavy atom. The zero-order valence-corrected chi connectivity index (χ0v) is 7.69. The number of benzene rings is 1. The maximum atomic E-state index is 13.0. The molecule has 1 aromatic carbocycles. The van der Waals surface area contributed by atoms with Crippen LogP contribution in [0.3, 0.4) is 0 Å². The number of carbonyl (C=O) groups is 1. The maximum absolute atomic E-state index is 13.0. The van der Waals surface area contributed by atoms with Gasteiger partial charge in [0.2, 0.25) is 0 Å². The van der Waals surface area contributed by atoms with E-state index in [1.54, 1.807) is 0 Å². The molecule has 0 bridgehead atoms. The predicted molar refractivity (Wildman–Crippen MR) is 47.6 cm³/mol. The van der Waals surface area contributed by atoms with E-state index in [2.05, 4.69) is 5.32 Å². The first kappa shape index (κ1) is 11.4. The van der Waals surface area contributed by atoms with Crippen molar-refractivity contribution in [3.63, 3.8) is 0 Å². The molecule has 2 amide bonds. The van der Waals surface area contributed by atoms with Gasteiger partial charge in [-0.1, -0.05) is 6.07 Å². The summed E-state index contributed by atoms with van der Waals surface area (Å²) in [5.74, 6) is -3.98. The third kappa shape index (κ3) is 2.87. The van der Waals surface area contributed by atoms with Crippen molar-refractivity contribution in [2.45, 2.75) is 6.42 Å². The van der Waals surface area contributed by atoms with Crippen LogP contribution >= 0.6 is 0 Å². The Labute approximate surface area is 84.1 Å². The summed E-state index contributed by atoms with van der Waals surface area (Å²) in [7, 11) is 0. The first-order valence-corrected chi connectivity index (χ1v) is 4.18. The van der Waals surface area contributed by atoms with E-state index in [1.165, 1.54) is 0 Å². The van der Waals surface area contributed by atoms with Crippen LogP contribution in [0.2, 0.25) is 0 Å². The summed E-state index contributed by atoms with van der Waals surface area (Å²) in [5, 5.41) is 2.21. The van der Waals surface area contributed by atoms with Gasteiger partial charge in [0, 0.05) is 6.54 Å². The smallest absolute Gasteiger partial charge is 0.312 e. The van der Waals surface area contributed by atoms with Crippen molar-refractivity contribution in [3.05, 3.63) is 35.1 Å². The van der Waals surface area contributed by atoms with Crippen LogP contribution in [0.5, 0.6) is 0 Å². The highest BCUT2D eigenvalue weighted by atomic mass is 19.2. The molecule has 3 nitrogen and oxygen atoms in total. The van der Waals surface area contributed by atoms with Crippen molar-refractivity contribution in [1.82, 2.24) is 5.32 Å². The molecule has 0 aromatic heterocycles. The molecular formula is C9H9F3N2O. The lowest BCUT2D eigenvalue weighted by Gasteiger charge is -2.04. The number of rotatable bonds is 3. The lowest BCUT2D eigenvalue weighted by molar-refractivity contribution is 0.249. The maximum Gasteiger partial charge on any atom is 0.312 e. The van der Waals surface area contributed by atoms with E-state index in [1.807, 2.05) is 0 Å². The number of hydrogen-bond donors (Lipinski definition) is 2. The van der Waals surface area contributed by atoms with E-state index >= 15 is 0 Å². The van der Waals surface area contributed by atoms with Gasteiger partial charge in [-0.25, -0.2) is 18.0 Å². The molecule has 82 valence electrons. The van der Waals surface area contributed by atoms with Crippen LogP contribution in [0.25, 0.3) is 0 Å². The normalized spacial score (nSPS) is 10.1. The van der Waals surface area contributed by atoms with E-state index in [9.17, 15) is 18.0 Å². The summed E-state index contributed by atoms with van der Waals surface area (Å²) in [6.07, 6.45) is 0.0476. The molecule has 0 radical (unpaired) electrons. The number of carbonyl (C=O) groups excluding carboxylic acids is 1. The molecule has 0 aliphatic rings. The minimum absolute atomic E-state index is 0.0114. The fraction of sp³-hybridized carbons (Fsp3) is 0.222. The van der Waals surface area contributed by atoms with Crippen molar-refractivity contribution in [2.75, 3.05) is 6.54 Å². The van der Waals surface area contributed by atoms with Gasteiger partial charge in [-0.05, 0) is 18.1 Å². The first-order chi connectivity index (χ1) is 7.02. The van der Waals surface area contributed by atoms with E-state index < -0.39 is 23.5 Å². The largest absolute Gasteiger partial charge is 0.352 e. The fourth-order valence-corrected chi connectivity index (χ4v) is 1.08. The van der Waals surface area contributed by atoms with Crippen molar-refractivity contribution in [1.29, 1.82) is 0 Å². The van der Waals surface area contributed by atoms with Crippen LogP contribution < -0.4 is 11.1 Å². The standard InChI is InChI=1S/C9H9F3N2O/c10-6-2-1-5(7(11)8(6)12)3-4-14-9(13)15/h1-2H,3-4H2,(H3,13,14,15). The van der Waals surface area contributed by atoms with Gasteiger partial charge in [-0.15, -0.1) is 0 Å². The van der Waals surface area contributed by atoms with Gasteiger partial charge in [0.25, 0.3) is 0 Å². The van der Waals surface area contributed by atoms with E-state index in [4.69, 9.17) is 5.73 Å². The van der Waals surface area contributed by atoms with Crippen molar-refractivity contribution >= 4 is 6.03 Å². The van der Waals surface area contributed by atoms with Crippen LogP contribution in [0.1, 0.15) is 5.56 Å². The Bertz CT molecular complexity index is 382. The summed E-state index contributed by atoms with van der Waals surface area (Å²) < 4.78 is 38.2. The lowest BCUT2D eigenvalue weighted by atomic mass is 10.1. The molecule has 0 saturated carbocycles. The second-order valence-corrected chi connectivity index (χ2v) is 2.88. The topological polar surface area (TPSA) is 55.1 Å². The second-order valence-electron chi connectivity index (χ2n) is 2.88.